The maximum absolute atomic E-state index is 12.0. The average molecular weight is 305 g/mol. The maximum Gasteiger partial charge on any atom is 0.305 e. The molecule has 1 aliphatic carbocycles. The Balaban J connectivity index is 0.00000200. The Morgan fingerprint density at radius 3 is 2.70 bits per heavy atom. The number of hydrogen-bond acceptors (Lipinski definition) is 4. The van der Waals surface area contributed by atoms with Crippen LogP contribution >= 0.6 is 12.4 Å². The molecule has 5 nitrogen and oxygen atoms in total. The monoisotopic (exact) mass is 304 g/mol. The van der Waals surface area contributed by atoms with Gasteiger partial charge in [0.25, 0.3) is 0 Å². The van der Waals surface area contributed by atoms with Crippen LogP contribution in [0.1, 0.15) is 39.0 Å². The number of carbonyl (C=O) groups is 2. The highest BCUT2D eigenvalue weighted by molar-refractivity contribution is 5.85. The lowest BCUT2D eigenvalue weighted by atomic mass is 9.92. The third kappa shape index (κ3) is 4.35. The smallest absolute Gasteiger partial charge is 0.305 e. The first-order valence-electron chi connectivity index (χ1n) is 7.32. The second-order valence-corrected chi connectivity index (χ2v) is 5.57. The highest BCUT2D eigenvalue weighted by Crippen LogP contribution is 2.58. The molecule has 116 valence electrons. The summed E-state index contributed by atoms with van der Waals surface area (Å²) in [7, 11) is 0. The molecule has 1 saturated carbocycles. The van der Waals surface area contributed by atoms with Crippen molar-refractivity contribution in [2.45, 2.75) is 39.0 Å². The van der Waals surface area contributed by atoms with Gasteiger partial charge in [0.05, 0.1) is 6.61 Å². The minimum Gasteiger partial charge on any atom is -0.466 e. The van der Waals surface area contributed by atoms with Crippen LogP contribution in [0, 0.1) is 11.3 Å². The van der Waals surface area contributed by atoms with E-state index >= 15 is 0 Å². The second-order valence-electron chi connectivity index (χ2n) is 5.57. The van der Waals surface area contributed by atoms with Crippen LogP contribution in [0.4, 0.5) is 0 Å². The van der Waals surface area contributed by atoms with Crippen LogP contribution in [-0.4, -0.2) is 38.1 Å². The predicted octanol–water partition coefficient (Wildman–Crippen LogP) is 1.26. The van der Waals surface area contributed by atoms with Crippen molar-refractivity contribution < 1.29 is 14.3 Å². The lowest BCUT2D eigenvalue weighted by Crippen LogP contribution is -2.34. The fourth-order valence-corrected chi connectivity index (χ4v) is 3.00. The first kappa shape index (κ1) is 17.2. The molecule has 0 aromatic carbocycles. The van der Waals surface area contributed by atoms with Crippen LogP contribution in [0.2, 0.25) is 0 Å². The molecular weight excluding hydrogens is 280 g/mol. The predicted molar refractivity (Wildman–Crippen MR) is 78.8 cm³/mol. The quantitative estimate of drug-likeness (QED) is 0.572. The Morgan fingerprint density at radius 2 is 2.05 bits per heavy atom. The molecule has 2 aliphatic rings. The topological polar surface area (TPSA) is 67.4 Å². The fourth-order valence-electron chi connectivity index (χ4n) is 3.00. The lowest BCUT2D eigenvalue weighted by Gasteiger charge is -2.23. The molecule has 6 heteroatoms. The summed E-state index contributed by atoms with van der Waals surface area (Å²) in [4.78, 5) is 23.1. The van der Waals surface area contributed by atoms with E-state index in [1.807, 2.05) is 0 Å². The van der Waals surface area contributed by atoms with Crippen molar-refractivity contribution in [3.63, 3.8) is 0 Å². The molecule has 0 aromatic heterocycles. The van der Waals surface area contributed by atoms with Gasteiger partial charge >= 0.3 is 5.97 Å². The van der Waals surface area contributed by atoms with Crippen LogP contribution in [0.15, 0.2) is 0 Å². The van der Waals surface area contributed by atoms with E-state index in [9.17, 15) is 9.59 Å². The van der Waals surface area contributed by atoms with E-state index in [1.165, 1.54) is 0 Å². The van der Waals surface area contributed by atoms with Gasteiger partial charge in [-0.2, -0.15) is 0 Å². The number of piperidine rings is 1. The number of nitrogens with one attached hydrogen (secondary N) is 2. The first-order valence-corrected chi connectivity index (χ1v) is 7.32. The summed E-state index contributed by atoms with van der Waals surface area (Å²) < 4.78 is 4.84. The van der Waals surface area contributed by atoms with Crippen molar-refractivity contribution in [2.75, 3.05) is 26.2 Å². The molecular formula is C14H25ClN2O3. The zero-order valence-corrected chi connectivity index (χ0v) is 12.9. The molecule has 1 aliphatic heterocycles. The summed E-state index contributed by atoms with van der Waals surface area (Å²) >= 11 is 0. The molecule has 1 heterocycles. The molecule has 2 N–H and O–H groups in total. The fraction of sp³-hybridized carbons (Fsp3) is 0.857. The molecule has 0 bridgehead atoms. The molecule has 2 rings (SSSR count). The van der Waals surface area contributed by atoms with Gasteiger partial charge in [0.2, 0.25) is 5.91 Å². The number of halogens is 1. The molecule has 1 spiro atoms. The largest absolute Gasteiger partial charge is 0.466 e. The van der Waals surface area contributed by atoms with E-state index in [2.05, 4.69) is 10.6 Å². The molecule has 1 saturated heterocycles. The molecule has 0 aromatic rings. The van der Waals surface area contributed by atoms with E-state index < -0.39 is 0 Å². The molecule has 1 atom stereocenters. The molecule has 1 unspecified atom stereocenters. The third-order valence-electron chi connectivity index (χ3n) is 4.27. The van der Waals surface area contributed by atoms with Crippen molar-refractivity contribution in [1.82, 2.24) is 10.6 Å². The second kappa shape index (κ2) is 7.84. The highest BCUT2D eigenvalue weighted by Gasteiger charge is 2.57. The minimum atomic E-state index is -0.182. The Kier molecular flexibility index (Phi) is 6.76. The van der Waals surface area contributed by atoms with Crippen LogP contribution in [-0.2, 0) is 14.3 Å². The normalized spacial score (nSPS) is 22.8. The van der Waals surface area contributed by atoms with Gasteiger partial charge in [-0.25, -0.2) is 0 Å². The van der Waals surface area contributed by atoms with Crippen molar-refractivity contribution in [3.05, 3.63) is 0 Å². The summed E-state index contributed by atoms with van der Waals surface area (Å²) in [6.45, 7) is 4.86. The Hall–Kier alpha value is -0.810. The Morgan fingerprint density at radius 1 is 1.35 bits per heavy atom. The van der Waals surface area contributed by atoms with Crippen molar-refractivity contribution in [2.24, 2.45) is 11.3 Å². The standard InChI is InChI=1S/C14H24N2O3.ClH/c1-2-19-12(17)4-3-7-16-13(18)11-10-14(11)5-8-15-9-6-14;/h11,15H,2-10H2,1H3,(H,16,18);1H. The summed E-state index contributed by atoms with van der Waals surface area (Å²) in [6, 6.07) is 0. The highest BCUT2D eigenvalue weighted by atomic mass is 35.5. The van der Waals surface area contributed by atoms with Crippen molar-refractivity contribution in [3.8, 4) is 0 Å². The van der Waals surface area contributed by atoms with Crippen molar-refractivity contribution in [1.29, 1.82) is 0 Å². The van der Waals surface area contributed by atoms with E-state index in [0.717, 1.165) is 32.4 Å². The number of amides is 1. The minimum absolute atomic E-state index is 0. The SMILES string of the molecule is CCOC(=O)CCCNC(=O)C1CC12CCNCC2.Cl. The molecule has 1 amide bonds. The zero-order valence-electron chi connectivity index (χ0n) is 12.1. The molecule has 2 fully saturated rings. The average Bonchev–Trinajstić information content (AvgIpc) is 3.09. The van der Waals surface area contributed by atoms with Crippen LogP contribution in [0.25, 0.3) is 0 Å². The summed E-state index contributed by atoms with van der Waals surface area (Å²) in [5, 5.41) is 6.28. The van der Waals surface area contributed by atoms with Gasteiger partial charge in [-0.15, -0.1) is 12.4 Å². The van der Waals surface area contributed by atoms with Crippen molar-refractivity contribution >= 4 is 24.3 Å². The van der Waals surface area contributed by atoms with Crippen LogP contribution in [0.3, 0.4) is 0 Å². The summed E-state index contributed by atoms with van der Waals surface area (Å²) in [6.07, 6.45) is 4.32. The van der Waals surface area contributed by atoms with Crippen LogP contribution in [0.5, 0.6) is 0 Å². The Labute approximate surface area is 126 Å². The van der Waals surface area contributed by atoms with Crippen LogP contribution < -0.4 is 10.6 Å². The summed E-state index contributed by atoms with van der Waals surface area (Å²) in [5.74, 6) is 0.195. The van der Waals surface area contributed by atoms with E-state index in [0.29, 0.717) is 26.0 Å². The van der Waals surface area contributed by atoms with Gasteiger partial charge in [0, 0.05) is 18.9 Å². The lowest BCUT2D eigenvalue weighted by molar-refractivity contribution is -0.143. The number of hydrogen-bond donors (Lipinski definition) is 2. The maximum atomic E-state index is 12.0. The number of ether oxygens (including phenoxy) is 1. The van der Waals surface area contributed by atoms with Gasteiger partial charge in [-0.05, 0) is 51.1 Å². The number of esters is 1. The summed E-state index contributed by atoms with van der Waals surface area (Å²) in [5.41, 5.74) is 0.288. The Bertz CT molecular complexity index is 343. The van der Waals surface area contributed by atoms with Gasteiger partial charge < -0.3 is 15.4 Å². The third-order valence-corrected chi connectivity index (χ3v) is 4.27. The van der Waals surface area contributed by atoms with E-state index in [1.54, 1.807) is 6.92 Å². The molecule has 0 radical (unpaired) electrons. The molecule has 20 heavy (non-hydrogen) atoms. The number of carbonyl (C=O) groups excluding carboxylic acids is 2. The number of rotatable bonds is 6. The van der Waals surface area contributed by atoms with E-state index in [4.69, 9.17) is 4.74 Å². The van der Waals surface area contributed by atoms with Gasteiger partial charge in [-0.3, -0.25) is 9.59 Å². The van der Waals surface area contributed by atoms with Gasteiger partial charge in [0.1, 0.15) is 0 Å². The van der Waals surface area contributed by atoms with E-state index in [-0.39, 0.29) is 35.6 Å². The first-order chi connectivity index (χ1) is 9.18. The van der Waals surface area contributed by atoms with Gasteiger partial charge in [0.15, 0.2) is 0 Å². The van der Waals surface area contributed by atoms with Gasteiger partial charge in [-0.1, -0.05) is 0 Å². The zero-order chi connectivity index (χ0) is 13.7.